The number of fused-ring (bicyclic) bond motifs is 1. The standard InChI is InChI=1S/C17H12F2N2O2/c1-10-11-5-2-3-8-15(11)23-16(10)17(22)21-20-9-12-13(18)6-4-7-14(12)19/h2-9H,1H3,(H,21,22)/b20-9-. The van der Waals surface area contributed by atoms with Crippen LogP contribution < -0.4 is 5.43 Å². The molecule has 0 unspecified atom stereocenters. The van der Waals surface area contributed by atoms with Gasteiger partial charge in [0.25, 0.3) is 0 Å². The Kier molecular flexibility index (Phi) is 3.89. The molecule has 0 saturated carbocycles. The second-order valence-corrected chi connectivity index (χ2v) is 4.89. The minimum atomic E-state index is -0.761. The van der Waals surface area contributed by atoms with Crippen molar-refractivity contribution in [3.63, 3.8) is 0 Å². The van der Waals surface area contributed by atoms with Gasteiger partial charge in [-0.3, -0.25) is 4.79 Å². The first kappa shape index (κ1) is 14.9. The van der Waals surface area contributed by atoms with Crippen LogP contribution in [0.5, 0.6) is 0 Å². The second kappa shape index (κ2) is 6.00. The Hall–Kier alpha value is -3.02. The number of amides is 1. The van der Waals surface area contributed by atoms with Crippen LogP contribution in [0.2, 0.25) is 0 Å². The molecule has 6 heteroatoms. The van der Waals surface area contributed by atoms with Crippen molar-refractivity contribution in [2.24, 2.45) is 5.10 Å². The van der Waals surface area contributed by atoms with E-state index in [1.807, 2.05) is 12.1 Å². The first-order chi connectivity index (χ1) is 11.1. The van der Waals surface area contributed by atoms with Gasteiger partial charge in [-0.25, -0.2) is 14.2 Å². The zero-order chi connectivity index (χ0) is 16.4. The van der Waals surface area contributed by atoms with Crippen molar-refractivity contribution in [3.05, 3.63) is 71.0 Å². The van der Waals surface area contributed by atoms with E-state index < -0.39 is 17.5 Å². The van der Waals surface area contributed by atoms with Crippen LogP contribution in [0.3, 0.4) is 0 Å². The molecule has 3 aromatic rings. The molecule has 0 saturated heterocycles. The van der Waals surface area contributed by atoms with E-state index in [0.29, 0.717) is 11.1 Å². The molecule has 0 spiro atoms. The summed E-state index contributed by atoms with van der Waals surface area (Å²) in [5.41, 5.74) is 3.14. The maximum atomic E-state index is 13.4. The topological polar surface area (TPSA) is 54.6 Å². The molecule has 0 aliphatic carbocycles. The average Bonchev–Trinajstić information content (AvgIpc) is 2.88. The Morgan fingerprint density at radius 1 is 1.13 bits per heavy atom. The fourth-order valence-corrected chi connectivity index (χ4v) is 2.23. The van der Waals surface area contributed by atoms with Crippen LogP contribution >= 0.6 is 0 Å². The van der Waals surface area contributed by atoms with Crippen molar-refractivity contribution in [3.8, 4) is 0 Å². The third-order valence-corrected chi connectivity index (χ3v) is 3.41. The molecule has 1 amide bonds. The normalized spacial score (nSPS) is 11.3. The van der Waals surface area contributed by atoms with Gasteiger partial charge in [0.15, 0.2) is 5.76 Å². The van der Waals surface area contributed by atoms with Crippen LogP contribution in [0.1, 0.15) is 21.7 Å². The van der Waals surface area contributed by atoms with Crippen molar-refractivity contribution < 1.29 is 18.0 Å². The number of aryl methyl sites for hydroxylation is 1. The van der Waals surface area contributed by atoms with Crippen molar-refractivity contribution in [2.45, 2.75) is 6.92 Å². The number of carbonyl (C=O) groups excluding carboxylic acids is 1. The zero-order valence-corrected chi connectivity index (χ0v) is 12.1. The van der Waals surface area contributed by atoms with Crippen molar-refractivity contribution in [1.82, 2.24) is 5.43 Å². The number of halogens is 2. The molecule has 0 radical (unpaired) electrons. The van der Waals surface area contributed by atoms with Gasteiger partial charge in [0.2, 0.25) is 0 Å². The van der Waals surface area contributed by atoms with Gasteiger partial charge in [-0.05, 0) is 25.1 Å². The lowest BCUT2D eigenvalue weighted by atomic mass is 10.1. The Morgan fingerprint density at radius 2 is 1.83 bits per heavy atom. The predicted octanol–water partition coefficient (Wildman–Crippen LogP) is 3.78. The molecule has 0 atom stereocenters. The number of hydrogen-bond acceptors (Lipinski definition) is 3. The number of para-hydroxylation sites is 1. The fourth-order valence-electron chi connectivity index (χ4n) is 2.23. The number of furan rings is 1. The number of nitrogens with zero attached hydrogens (tertiary/aromatic N) is 1. The summed E-state index contributed by atoms with van der Waals surface area (Å²) in [6, 6.07) is 10.7. The summed E-state index contributed by atoms with van der Waals surface area (Å²) in [4.78, 5) is 12.1. The third-order valence-electron chi connectivity index (χ3n) is 3.41. The van der Waals surface area contributed by atoms with E-state index in [2.05, 4.69) is 10.5 Å². The van der Waals surface area contributed by atoms with E-state index in [1.165, 1.54) is 6.07 Å². The largest absolute Gasteiger partial charge is 0.451 e. The summed E-state index contributed by atoms with van der Waals surface area (Å²) in [6.45, 7) is 1.75. The number of benzene rings is 2. The molecule has 0 fully saturated rings. The van der Waals surface area contributed by atoms with Crippen LogP contribution in [-0.4, -0.2) is 12.1 Å². The van der Waals surface area contributed by atoms with Crippen LogP contribution in [0.25, 0.3) is 11.0 Å². The molecule has 1 heterocycles. The summed E-state index contributed by atoms with van der Waals surface area (Å²) in [5.74, 6) is -2.00. The van der Waals surface area contributed by atoms with E-state index in [-0.39, 0.29) is 11.3 Å². The maximum absolute atomic E-state index is 13.4. The van der Waals surface area contributed by atoms with Gasteiger partial charge in [-0.2, -0.15) is 5.10 Å². The molecule has 23 heavy (non-hydrogen) atoms. The summed E-state index contributed by atoms with van der Waals surface area (Å²) < 4.78 is 32.4. The Balaban J connectivity index is 1.81. The highest BCUT2D eigenvalue weighted by atomic mass is 19.1. The molecular weight excluding hydrogens is 302 g/mol. The van der Waals surface area contributed by atoms with Gasteiger partial charge in [0.1, 0.15) is 17.2 Å². The van der Waals surface area contributed by atoms with Gasteiger partial charge in [0.05, 0.1) is 11.8 Å². The second-order valence-electron chi connectivity index (χ2n) is 4.89. The van der Waals surface area contributed by atoms with Crippen molar-refractivity contribution >= 4 is 23.1 Å². The third kappa shape index (κ3) is 2.83. The highest BCUT2D eigenvalue weighted by Crippen LogP contribution is 2.24. The Morgan fingerprint density at radius 3 is 2.52 bits per heavy atom. The molecule has 2 aromatic carbocycles. The monoisotopic (exact) mass is 314 g/mol. The van der Waals surface area contributed by atoms with Crippen LogP contribution in [0.4, 0.5) is 8.78 Å². The summed E-state index contributed by atoms with van der Waals surface area (Å²) >= 11 is 0. The van der Waals surface area contributed by atoms with Gasteiger partial charge in [0, 0.05) is 10.9 Å². The quantitative estimate of drug-likeness (QED) is 0.591. The Bertz CT molecular complexity index is 896. The smallest absolute Gasteiger partial charge is 0.307 e. The maximum Gasteiger partial charge on any atom is 0.307 e. The minimum Gasteiger partial charge on any atom is -0.451 e. The highest BCUT2D eigenvalue weighted by Gasteiger charge is 2.16. The van der Waals surface area contributed by atoms with Gasteiger partial charge in [-0.15, -0.1) is 0 Å². The molecule has 0 aliphatic heterocycles. The van der Waals surface area contributed by atoms with Gasteiger partial charge < -0.3 is 4.42 Å². The minimum absolute atomic E-state index is 0.109. The zero-order valence-electron chi connectivity index (χ0n) is 12.1. The van der Waals surface area contributed by atoms with Gasteiger partial charge in [-0.1, -0.05) is 24.3 Å². The number of carbonyl (C=O) groups is 1. The first-order valence-electron chi connectivity index (χ1n) is 6.83. The lowest BCUT2D eigenvalue weighted by Gasteiger charge is -1.99. The first-order valence-corrected chi connectivity index (χ1v) is 6.83. The van der Waals surface area contributed by atoms with E-state index in [1.54, 1.807) is 19.1 Å². The lowest BCUT2D eigenvalue weighted by molar-refractivity contribution is 0.0928. The SMILES string of the molecule is Cc1c(C(=O)N/N=C\c2c(F)cccc2F)oc2ccccc12. The van der Waals surface area contributed by atoms with E-state index in [4.69, 9.17) is 4.42 Å². The average molecular weight is 314 g/mol. The van der Waals surface area contributed by atoms with Crippen LogP contribution in [0.15, 0.2) is 52.0 Å². The summed E-state index contributed by atoms with van der Waals surface area (Å²) in [6.07, 6.45) is 0.917. The molecule has 0 bridgehead atoms. The molecule has 1 aromatic heterocycles. The van der Waals surface area contributed by atoms with Crippen LogP contribution in [-0.2, 0) is 0 Å². The number of nitrogens with one attached hydrogen (secondary N) is 1. The Labute approximate surface area is 130 Å². The highest BCUT2D eigenvalue weighted by molar-refractivity contribution is 5.99. The number of hydrogen-bond donors (Lipinski definition) is 1. The molecule has 0 aliphatic rings. The van der Waals surface area contributed by atoms with E-state index in [9.17, 15) is 13.6 Å². The van der Waals surface area contributed by atoms with Crippen LogP contribution in [0, 0.1) is 18.6 Å². The molecule has 3 rings (SSSR count). The number of rotatable bonds is 3. The van der Waals surface area contributed by atoms with Crippen molar-refractivity contribution in [2.75, 3.05) is 0 Å². The summed E-state index contributed by atoms with van der Waals surface area (Å²) in [7, 11) is 0. The molecule has 4 nitrogen and oxygen atoms in total. The lowest BCUT2D eigenvalue weighted by Crippen LogP contribution is -2.18. The number of hydrazone groups is 1. The van der Waals surface area contributed by atoms with E-state index in [0.717, 1.165) is 23.7 Å². The fraction of sp³-hybridized carbons (Fsp3) is 0.0588. The van der Waals surface area contributed by atoms with Gasteiger partial charge >= 0.3 is 5.91 Å². The predicted molar refractivity (Wildman–Crippen MR) is 82.4 cm³/mol. The van der Waals surface area contributed by atoms with Crippen molar-refractivity contribution in [1.29, 1.82) is 0 Å². The molecule has 1 N–H and O–H groups in total. The molecule has 116 valence electrons. The van der Waals surface area contributed by atoms with E-state index >= 15 is 0 Å². The molecular formula is C17H12F2N2O2. The summed E-state index contributed by atoms with van der Waals surface area (Å²) in [5, 5.41) is 4.41.